The lowest BCUT2D eigenvalue weighted by Gasteiger charge is -2.16. The summed E-state index contributed by atoms with van der Waals surface area (Å²) in [5.74, 6) is 5.13. The van der Waals surface area contributed by atoms with Gasteiger partial charge in [-0.2, -0.15) is 0 Å². The zero-order chi connectivity index (χ0) is 14.1. The van der Waals surface area contributed by atoms with Crippen LogP contribution in [0.25, 0.3) is 0 Å². The second-order valence-electron chi connectivity index (χ2n) is 4.40. The lowest BCUT2D eigenvalue weighted by Crippen LogP contribution is -2.20. The first-order valence-electron chi connectivity index (χ1n) is 6.32. The Morgan fingerprint density at radius 2 is 2.21 bits per heavy atom. The Labute approximate surface area is 114 Å². The Hall–Kier alpha value is -1.41. The highest BCUT2D eigenvalue weighted by molar-refractivity contribution is 5.38. The van der Waals surface area contributed by atoms with Crippen molar-refractivity contribution in [1.29, 1.82) is 0 Å². The Bertz CT molecular complexity index is 451. The fraction of sp³-hybridized carbons (Fsp3) is 0.467. The molecule has 2 N–H and O–H groups in total. The van der Waals surface area contributed by atoms with Gasteiger partial charge in [0.15, 0.2) is 0 Å². The highest BCUT2D eigenvalue weighted by Crippen LogP contribution is 2.11. The van der Waals surface area contributed by atoms with Gasteiger partial charge < -0.3 is 15.4 Å². The first-order valence-corrected chi connectivity index (χ1v) is 6.32. The van der Waals surface area contributed by atoms with Gasteiger partial charge in [0.1, 0.15) is 5.82 Å². The summed E-state index contributed by atoms with van der Waals surface area (Å²) >= 11 is 0. The number of rotatable bonds is 6. The van der Waals surface area contributed by atoms with Gasteiger partial charge in [-0.25, -0.2) is 4.39 Å². The minimum absolute atomic E-state index is 0.237. The molecule has 0 aromatic heterocycles. The predicted molar refractivity (Wildman–Crippen MR) is 75.2 cm³/mol. The molecule has 3 nitrogen and oxygen atoms in total. The minimum atomic E-state index is -0.299. The molecule has 0 spiro atoms. The van der Waals surface area contributed by atoms with E-state index in [1.54, 1.807) is 19.2 Å². The van der Waals surface area contributed by atoms with Crippen LogP contribution in [-0.2, 0) is 11.3 Å². The average Bonchev–Trinajstić information content (AvgIpc) is 2.39. The zero-order valence-corrected chi connectivity index (χ0v) is 11.6. The van der Waals surface area contributed by atoms with E-state index in [1.165, 1.54) is 6.07 Å². The van der Waals surface area contributed by atoms with E-state index in [2.05, 4.69) is 16.7 Å². The molecule has 0 bridgehead atoms. The molecule has 1 aromatic rings. The van der Waals surface area contributed by atoms with E-state index in [9.17, 15) is 4.39 Å². The van der Waals surface area contributed by atoms with Crippen molar-refractivity contribution in [2.75, 3.05) is 33.9 Å². The van der Waals surface area contributed by atoms with Crippen molar-refractivity contribution >= 4 is 0 Å². The number of hydrogen-bond donors (Lipinski definition) is 1. The molecule has 0 aliphatic carbocycles. The summed E-state index contributed by atoms with van der Waals surface area (Å²) in [6.07, 6.45) is 0.980. The van der Waals surface area contributed by atoms with Crippen molar-refractivity contribution in [2.24, 2.45) is 5.73 Å². The second kappa shape index (κ2) is 8.65. The topological polar surface area (TPSA) is 38.5 Å². The summed E-state index contributed by atoms with van der Waals surface area (Å²) in [7, 11) is 3.73. The maximum absolute atomic E-state index is 13.5. The Kier molecular flexibility index (Phi) is 7.12. The maximum atomic E-state index is 13.5. The Balaban J connectivity index is 2.63. The molecule has 0 amide bonds. The van der Waals surface area contributed by atoms with E-state index in [1.807, 2.05) is 7.05 Å². The van der Waals surface area contributed by atoms with E-state index in [0.29, 0.717) is 5.56 Å². The van der Waals surface area contributed by atoms with E-state index < -0.39 is 0 Å². The highest BCUT2D eigenvalue weighted by atomic mass is 19.1. The molecule has 0 atom stereocenters. The van der Waals surface area contributed by atoms with E-state index in [-0.39, 0.29) is 12.4 Å². The summed E-state index contributed by atoms with van der Waals surface area (Å²) in [4.78, 5) is 2.17. The third kappa shape index (κ3) is 5.84. The van der Waals surface area contributed by atoms with Gasteiger partial charge in [0.25, 0.3) is 0 Å². The van der Waals surface area contributed by atoms with Crippen LogP contribution in [-0.4, -0.2) is 38.8 Å². The summed E-state index contributed by atoms with van der Waals surface area (Å²) in [5.41, 5.74) is 6.75. The van der Waals surface area contributed by atoms with E-state index >= 15 is 0 Å². The van der Waals surface area contributed by atoms with Crippen LogP contribution < -0.4 is 5.73 Å². The second-order valence-corrected chi connectivity index (χ2v) is 4.40. The van der Waals surface area contributed by atoms with Gasteiger partial charge in [-0.1, -0.05) is 17.9 Å². The number of ether oxygens (including phenoxy) is 1. The third-order valence-corrected chi connectivity index (χ3v) is 2.70. The van der Waals surface area contributed by atoms with Crippen molar-refractivity contribution < 1.29 is 9.13 Å². The van der Waals surface area contributed by atoms with Crippen LogP contribution in [0.4, 0.5) is 4.39 Å². The molecule has 104 valence electrons. The van der Waals surface area contributed by atoms with E-state index in [0.717, 1.165) is 31.7 Å². The lowest BCUT2D eigenvalue weighted by molar-refractivity contribution is 0.178. The SMILES string of the molecule is COCCCN(C)Cc1ccc(F)c(C#CCN)c1. The quantitative estimate of drug-likeness (QED) is 0.626. The lowest BCUT2D eigenvalue weighted by atomic mass is 10.1. The number of hydrogen-bond acceptors (Lipinski definition) is 3. The van der Waals surface area contributed by atoms with Crippen molar-refractivity contribution in [1.82, 2.24) is 4.90 Å². The predicted octanol–water partition coefficient (Wildman–Crippen LogP) is 1.60. The number of nitrogens with two attached hydrogens (primary N) is 1. The molecular formula is C15H21FN2O. The van der Waals surface area contributed by atoms with Gasteiger partial charge in [-0.05, 0) is 31.2 Å². The standard InChI is InChI=1S/C15H21FN2O/c1-18(9-4-10-19-2)12-13-6-7-15(16)14(11-13)5-3-8-17/h6-7,11H,4,8-10,12,17H2,1-2H3. The van der Waals surface area contributed by atoms with Crippen LogP contribution >= 0.6 is 0 Å². The summed E-state index contributed by atoms with van der Waals surface area (Å²) in [6, 6.07) is 5.03. The third-order valence-electron chi connectivity index (χ3n) is 2.70. The zero-order valence-electron chi connectivity index (χ0n) is 11.6. The number of nitrogens with zero attached hydrogens (tertiary/aromatic N) is 1. The first kappa shape index (κ1) is 15.6. The fourth-order valence-electron chi connectivity index (χ4n) is 1.78. The minimum Gasteiger partial charge on any atom is -0.385 e. The maximum Gasteiger partial charge on any atom is 0.138 e. The molecule has 1 aromatic carbocycles. The summed E-state index contributed by atoms with van der Waals surface area (Å²) < 4.78 is 18.5. The first-order chi connectivity index (χ1) is 9.17. The Morgan fingerprint density at radius 1 is 1.42 bits per heavy atom. The van der Waals surface area contributed by atoms with Crippen molar-refractivity contribution in [2.45, 2.75) is 13.0 Å². The molecular weight excluding hydrogens is 243 g/mol. The number of benzene rings is 1. The molecule has 4 heteroatoms. The molecule has 0 fully saturated rings. The van der Waals surface area contributed by atoms with Gasteiger partial charge in [-0.15, -0.1) is 0 Å². The molecule has 0 saturated carbocycles. The molecule has 1 rings (SSSR count). The van der Waals surface area contributed by atoms with Crippen LogP contribution in [0.3, 0.4) is 0 Å². The summed E-state index contributed by atoms with van der Waals surface area (Å²) in [6.45, 7) is 2.69. The normalized spacial score (nSPS) is 10.4. The number of halogens is 1. The van der Waals surface area contributed by atoms with Crippen LogP contribution in [0, 0.1) is 17.7 Å². The van der Waals surface area contributed by atoms with Crippen LogP contribution in [0.5, 0.6) is 0 Å². The summed E-state index contributed by atoms with van der Waals surface area (Å²) in [5, 5.41) is 0. The Morgan fingerprint density at radius 3 is 2.89 bits per heavy atom. The van der Waals surface area contributed by atoms with E-state index in [4.69, 9.17) is 10.5 Å². The van der Waals surface area contributed by atoms with Gasteiger partial charge in [-0.3, -0.25) is 0 Å². The molecule has 0 heterocycles. The molecule has 0 saturated heterocycles. The molecule has 0 aliphatic rings. The monoisotopic (exact) mass is 264 g/mol. The molecule has 0 radical (unpaired) electrons. The average molecular weight is 264 g/mol. The molecule has 19 heavy (non-hydrogen) atoms. The fourth-order valence-corrected chi connectivity index (χ4v) is 1.78. The van der Waals surface area contributed by atoms with Gasteiger partial charge in [0.2, 0.25) is 0 Å². The largest absolute Gasteiger partial charge is 0.385 e. The smallest absolute Gasteiger partial charge is 0.138 e. The van der Waals surface area contributed by atoms with Gasteiger partial charge in [0, 0.05) is 26.8 Å². The molecule has 0 aliphatic heterocycles. The van der Waals surface area contributed by atoms with Gasteiger partial charge in [0.05, 0.1) is 12.1 Å². The van der Waals surface area contributed by atoms with Crippen molar-refractivity contribution in [3.05, 3.63) is 35.1 Å². The highest BCUT2D eigenvalue weighted by Gasteiger charge is 2.04. The van der Waals surface area contributed by atoms with Crippen molar-refractivity contribution in [3.63, 3.8) is 0 Å². The van der Waals surface area contributed by atoms with Crippen molar-refractivity contribution in [3.8, 4) is 11.8 Å². The van der Waals surface area contributed by atoms with Crippen LogP contribution in [0.2, 0.25) is 0 Å². The number of methoxy groups -OCH3 is 1. The van der Waals surface area contributed by atoms with Crippen LogP contribution in [0.1, 0.15) is 17.5 Å². The molecule has 0 unspecified atom stereocenters. The van der Waals surface area contributed by atoms with Gasteiger partial charge >= 0.3 is 0 Å². The van der Waals surface area contributed by atoms with Crippen LogP contribution in [0.15, 0.2) is 18.2 Å².